The Bertz CT molecular complexity index is 976. The van der Waals surface area contributed by atoms with Crippen LogP contribution in [0.4, 0.5) is 0 Å². The van der Waals surface area contributed by atoms with Crippen LogP contribution in [-0.4, -0.2) is 22.2 Å². The van der Waals surface area contributed by atoms with Gasteiger partial charge in [0.2, 0.25) is 0 Å². The first-order valence-electron chi connectivity index (χ1n) is 7.83. The van der Waals surface area contributed by atoms with Crippen molar-refractivity contribution in [2.75, 3.05) is 0 Å². The predicted octanol–water partition coefficient (Wildman–Crippen LogP) is 3.55. The number of nitrogens with zero attached hydrogens (tertiary/aromatic N) is 2. The number of hydrogen-bond donors (Lipinski definition) is 1. The Morgan fingerprint density at radius 3 is 2.68 bits per heavy atom. The van der Waals surface area contributed by atoms with E-state index in [9.17, 15) is 10.1 Å². The molecular formula is C20H16N2O3. The summed E-state index contributed by atoms with van der Waals surface area (Å²) in [6.45, 7) is 1.49. The van der Waals surface area contributed by atoms with Crippen LogP contribution >= 0.6 is 0 Å². The zero-order valence-electron chi connectivity index (χ0n) is 13.6. The van der Waals surface area contributed by atoms with E-state index in [-0.39, 0.29) is 0 Å². The number of carboxylic acid groups (broad SMARTS) is 1. The molecule has 0 aliphatic heterocycles. The first-order chi connectivity index (χ1) is 12.1. The smallest absolute Gasteiger partial charge is 0.344 e. The summed E-state index contributed by atoms with van der Waals surface area (Å²) in [5.41, 5.74) is 2.45. The molecule has 1 unspecified atom stereocenters. The van der Waals surface area contributed by atoms with E-state index in [1.54, 1.807) is 24.5 Å². The second-order valence-corrected chi connectivity index (χ2v) is 5.69. The van der Waals surface area contributed by atoms with E-state index in [0.29, 0.717) is 17.7 Å². The lowest BCUT2D eigenvalue weighted by Gasteiger charge is -2.15. The predicted molar refractivity (Wildman–Crippen MR) is 93.4 cm³/mol. The summed E-state index contributed by atoms with van der Waals surface area (Å²) in [7, 11) is 0. The fourth-order valence-electron chi connectivity index (χ4n) is 2.72. The molecule has 0 radical (unpaired) electrons. The van der Waals surface area contributed by atoms with E-state index in [0.717, 1.165) is 21.9 Å². The van der Waals surface area contributed by atoms with Crippen molar-refractivity contribution in [3.05, 3.63) is 71.5 Å². The van der Waals surface area contributed by atoms with Crippen LogP contribution in [0.3, 0.4) is 0 Å². The third-order valence-electron chi connectivity index (χ3n) is 4.03. The number of fused-ring (bicyclic) bond motifs is 1. The second kappa shape index (κ2) is 7.02. The number of pyridine rings is 1. The molecule has 3 rings (SSSR count). The van der Waals surface area contributed by atoms with Crippen LogP contribution in [-0.2, 0) is 11.2 Å². The van der Waals surface area contributed by atoms with E-state index in [1.807, 2.05) is 30.3 Å². The second-order valence-electron chi connectivity index (χ2n) is 5.69. The third-order valence-corrected chi connectivity index (χ3v) is 4.03. The molecule has 1 N–H and O–H groups in total. The fourth-order valence-corrected chi connectivity index (χ4v) is 2.72. The molecule has 25 heavy (non-hydrogen) atoms. The summed E-state index contributed by atoms with van der Waals surface area (Å²) in [6.07, 6.45) is 2.84. The quantitative estimate of drug-likeness (QED) is 0.772. The molecule has 0 aliphatic rings. The van der Waals surface area contributed by atoms with Gasteiger partial charge in [0.05, 0.1) is 11.6 Å². The highest BCUT2D eigenvalue weighted by molar-refractivity contribution is 5.90. The van der Waals surface area contributed by atoms with Gasteiger partial charge in [-0.2, -0.15) is 5.26 Å². The number of carboxylic acids is 1. The standard InChI is InChI=1S/C20H16N2O3/c1-13(20(23)24)25-19-8-9-22-12-16(19)10-14-6-7-15(11-21)18-5-3-2-4-17(14)18/h2-9,12-13H,10H2,1H3,(H,23,24). The highest BCUT2D eigenvalue weighted by Gasteiger charge is 2.16. The zero-order valence-corrected chi connectivity index (χ0v) is 13.6. The fraction of sp³-hybridized carbons (Fsp3) is 0.150. The number of nitriles is 1. The average molecular weight is 332 g/mol. The molecule has 5 heteroatoms. The van der Waals surface area contributed by atoms with Crippen molar-refractivity contribution < 1.29 is 14.6 Å². The average Bonchev–Trinajstić information content (AvgIpc) is 2.63. The molecule has 1 aromatic heterocycles. The maximum absolute atomic E-state index is 11.0. The van der Waals surface area contributed by atoms with Crippen molar-refractivity contribution >= 4 is 16.7 Å². The molecule has 0 amide bonds. The van der Waals surface area contributed by atoms with Gasteiger partial charge in [-0.15, -0.1) is 0 Å². The van der Waals surface area contributed by atoms with Gasteiger partial charge < -0.3 is 9.84 Å². The summed E-state index contributed by atoms with van der Waals surface area (Å²) >= 11 is 0. The number of ether oxygens (including phenoxy) is 1. The lowest BCUT2D eigenvalue weighted by molar-refractivity contribution is -0.144. The molecule has 1 atom stereocenters. The topological polar surface area (TPSA) is 83.2 Å². The maximum atomic E-state index is 11.0. The van der Waals surface area contributed by atoms with Gasteiger partial charge in [-0.25, -0.2) is 4.79 Å². The van der Waals surface area contributed by atoms with Crippen molar-refractivity contribution in [2.24, 2.45) is 0 Å². The highest BCUT2D eigenvalue weighted by atomic mass is 16.5. The molecule has 3 aromatic rings. The molecule has 0 aliphatic carbocycles. The van der Waals surface area contributed by atoms with Crippen LogP contribution in [0.5, 0.6) is 5.75 Å². The molecule has 5 nitrogen and oxygen atoms in total. The number of aliphatic carboxylic acids is 1. The molecule has 0 saturated carbocycles. The Labute approximate surface area is 145 Å². The van der Waals surface area contributed by atoms with Gasteiger partial charge in [-0.05, 0) is 35.4 Å². The van der Waals surface area contributed by atoms with E-state index < -0.39 is 12.1 Å². The Kier molecular flexibility index (Phi) is 4.62. The van der Waals surface area contributed by atoms with E-state index in [2.05, 4.69) is 11.1 Å². The highest BCUT2D eigenvalue weighted by Crippen LogP contribution is 2.27. The summed E-state index contributed by atoms with van der Waals surface area (Å²) in [5, 5.41) is 20.2. The minimum Gasteiger partial charge on any atom is -0.479 e. The van der Waals surface area contributed by atoms with Gasteiger partial charge in [0.15, 0.2) is 6.10 Å². The summed E-state index contributed by atoms with van der Waals surface area (Å²) < 4.78 is 5.54. The lowest BCUT2D eigenvalue weighted by atomic mass is 9.96. The number of benzene rings is 2. The van der Waals surface area contributed by atoms with Crippen molar-refractivity contribution in [1.82, 2.24) is 4.98 Å². The number of rotatable bonds is 5. The van der Waals surface area contributed by atoms with Gasteiger partial charge in [0.25, 0.3) is 0 Å². The number of hydrogen-bond acceptors (Lipinski definition) is 4. The van der Waals surface area contributed by atoms with Gasteiger partial charge in [-0.1, -0.05) is 30.3 Å². The molecular weight excluding hydrogens is 316 g/mol. The largest absolute Gasteiger partial charge is 0.479 e. The SMILES string of the molecule is CC(Oc1ccncc1Cc1ccc(C#N)c2ccccc12)C(=O)O. The van der Waals surface area contributed by atoms with Gasteiger partial charge in [0.1, 0.15) is 5.75 Å². The first-order valence-corrected chi connectivity index (χ1v) is 7.83. The van der Waals surface area contributed by atoms with E-state index in [1.165, 1.54) is 6.92 Å². The van der Waals surface area contributed by atoms with Gasteiger partial charge >= 0.3 is 5.97 Å². The molecule has 0 bridgehead atoms. The molecule has 0 saturated heterocycles. The summed E-state index contributed by atoms with van der Waals surface area (Å²) in [4.78, 5) is 15.2. The van der Waals surface area contributed by atoms with Crippen LogP contribution < -0.4 is 4.74 Å². The Balaban J connectivity index is 2.01. The summed E-state index contributed by atoms with van der Waals surface area (Å²) in [5.74, 6) is -0.523. The molecule has 124 valence electrons. The molecule has 2 aromatic carbocycles. The van der Waals surface area contributed by atoms with Crippen LogP contribution in [0.15, 0.2) is 54.9 Å². The normalized spacial score (nSPS) is 11.7. The van der Waals surface area contributed by atoms with Crippen LogP contribution in [0, 0.1) is 11.3 Å². The lowest BCUT2D eigenvalue weighted by Crippen LogP contribution is -2.23. The Hall–Kier alpha value is -3.39. The van der Waals surface area contributed by atoms with Gasteiger partial charge in [0, 0.05) is 24.4 Å². The third kappa shape index (κ3) is 3.43. The van der Waals surface area contributed by atoms with E-state index in [4.69, 9.17) is 9.84 Å². The zero-order chi connectivity index (χ0) is 17.8. The van der Waals surface area contributed by atoms with Crippen molar-refractivity contribution in [3.8, 4) is 11.8 Å². The van der Waals surface area contributed by atoms with Crippen LogP contribution in [0.1, 0.15) is 23.6 Å². The number of aromatic nitrogens is 1. The molecule has 0 fully saturated rings. The first kappa shape index (κ1) is 16.5. The monoisotopic (exact) mass is 332 g/mol. The molecule has 0 spiro atoms. The summed E-state index contributed by atoms with van der Waals surface area (Å²) in [6, 6.07) is 15.3. The maximum Gasteiger partial charge on any atom is 0.344 e. The van der Waals surface area contributed by atoms with Crippen molar-refractivity contribution in [1.29, 1.82) is 5.26 Å². The minimum absolute atomic E-state index is 0.498. The van der Waals surface area contributed by atoms with Crippen LogP contribution in [0.2, 0.25) is 0 Å². The minimum atomic E-state index is -1.02. The number of carbonyl (C=O) groups is 1. The van der Waals surface area contributed by atoms with Crippen molar-refractivity contribution in [3.63, 3.8) is 0 Å². The van der Waals surface area contributed by atoms with Gasteiger partial charge in [-0.3, -0.25) is 4.98 Å². The Morgan fingerprint density at radius 1 is 1.20 bits per heavy atom. The molecule has 1 heterocycles. The van der Waals surface area contributed by atoms with E-state index >= 15 is 0 Å². The van der Waals surface area contributed by atoms with Crippen LogP contribution in [0.25, 0.3) is 10.8 Å². The Morgan fingerprint density at radius 2 is 1.96 bits per heavy atom. The van der Waals surface area contributed by atoms with Crippen molar-refractivity contribution in [2.45, 2.75) is 19.4 Å².